The summed E-state index contributed by atoms with van der Waals surface area (Å²) in [7, 11) is 0. The van der Waals surface area contributed by atoms with Gasteiger partial charge < -0.3 is 20.7 Å². The highest BCUT2D eigenvalue weighted by Gasteiger charge is 2.27. The average molecular weight is 356 g/mol. The number of carbonyl (C=O) groups is 2. The van der Waals surface area contributed by atoms with Crippen molar-refractivity contribution in [2.24, 2.45) is 5.73 Å². The van der Waals surface area contributed by atoms with Gasteiger partial charge in [-0.25, -0.2) is 0 Å². The molecule has 0 radical (unpaired) electrons. The number of hydrogen-bond acceptors (Lipinski definition) is 4. The van der Waals surface area contributed by atoms with E-state index in [0.29, 0.717) is 26.3 Å². The Morgan fingerprint density at radius 3 is 2.67 bits per heavy atom. The monoisotopic (exact) mass is 355 g/mol. The number of ether oxygens (including phenoxy) is 1. The van der Waals surface area contributed by atoms with Gasteiger partial charge in [0.1, 0.15) is 6.04 Å². The fourth-order valence-electron chi connectivity index (χ4n) is 2.15. The van der Waals surface area contributed by atoms with E-state index in [-0.39, 0.29) is 12.5 Å². The molecular formula is C14H18BrN3O3. The van der Waals surface area contributed by atoms with Crippen LogP contribution in [0.15, 0.2) is 28.7 Å². The van der Waals surface area contributed by atoms with E-state index in [9.17, 15) is 9.59 Å². The van der Waals surface area contributed by atoms with Crippen molar-refractivity contribution in [2.75, 3.05) is 26.3 Å². The average Bonchev–Trinajstić information content (AvgIpc) is 2.48. The van der Waals surface area contributed by atoms with Crippen molar-refractivity contribution < 1.29 is 14.3 Å². The molecule has 1 aromatic rings. The van der Waals surface area contributed by atoms with E-state index in [1.807, 2.05) is 24.3 Å². The van der Waals surface area contributed by atoms with Crippen LogP contribution < -0.4 is 11.1 Å². The van der Waals surface area contributed by atoms with E-state index in [4.69, 9.17) is 10.5 Å². The van der Waals surface area contributed by atoms with Crippen LogP contribution in [0.3, 0.4) is 0 Å². The summed E-state index contributed by atoms with van der Waals surface area (Å²) in [5, 5.41) is 3.09. The summed E-state index contributed by atoms with van der Waals surface area (Å²) < 4.78 is 6.25. The van der Waals surface area contributed by atoms with Crippen LogP contribution in [0.5, 0.6) is 0 Å². The van der Waals surface area contributed by atoms with Crippen molar-refractivity contribution in [1.82, 2.24) is 10.2 Å². The molecule has 114 valence electrons. The summed E-state index contributed by atoms with van der Waals surface area (Å²) >= 11 is 3.36. The first kappa shape index (κ1) is 15.9. The lowest BCUT2D eigenvalue weighted by atomic mass is 10.1. The van der Waals surface area contributed by atoms with E-state index >= 15 is 0 Å². The number of hydrogen-bond donors (Lipinski definition) is 2. The number of morpholine rings is 1. The minimum absolute atomic E-state index is 0.104. The van der Waals surface area contributed by atoms with Crippen LogP contribution in [0.2, 0.25) is 0 Å². The SMILES string of the molecule is NC(=O)CN(Cc1ccc(Br)cc1)C(=O)C1COCCN1. The van der Waals surface area contributed by atoms with Crippen LogP contribution in [-0.4, -0.2) is 49.1 Å². The third-order valence-corrected chi connectivity index (χ3v) is 3.69. The fraction of sp³-hybridized carbons (Fsp3) is 0.429. The zero-order valence-corrected chi connectivity index (χ0v) is 13.1. The summed E-state index contributed by atoms with van der Waals surface area (Å²) in [5.74, 6) is -0.700. The second-order valence-corrected chi connectivity index (χ2v) is 5.78. The maximum absolute atomic E-state index is 12.5. The Labute approximate surface area is 131 Å². The molecule has 0 saturated carbocycles. The van der Waals surface area contributed by atoms with Crippen molar-refractivity contribution >= 4 is 27.7 Å². The second kappa shape index (κ2) is 7.53. The van der Waals surface area contributed by atoms with Gasteiger partial charge in [-0.05, 0) is 17.7 Å². The van der Waals surface area contributed by atoms with Gasteiger partial charge >= 0.3 is 0 Å². The smallest absolute Gasteiger partial charge is 0.242 e. The van der Waals surface area contributed by atoms with Crippen molar-refractivity contribution in [3.63, 3.8) is 0 Å². The summed E-state index contributed by atoms with van der Waals surface area (Å²) in [4.78, 5) is 25.1. The number of primary amides is 1. The van der Waals surface area contributed by atoms with E-state index in [2.05, 4.69) is 21.2 Å². The maximum Gasteiger partial charge on any atom is 0.242 e. The molecule has 1 atom stereocenters. The topological polar surface area (TPSA) is 84.7 Å². The Morgan fingerprint density at radius 1 is 1.38 bits per heavy atom. The minimum atomic E-state index is -0.530. The first-order valence-electron chi connectivity index (χ1n) is 6.69. The first-order chi connectivity index (χ1) is 10.1. The summed E-state index contributed by atoms with van der Waals surface area (Å²) in [6.45, 7) is 1.76. The molecule has 0 spiro atoms. The van der Waals surface area contributed by atoms with Gasteiger partial charge in [0.25, 0.3) is 0 Å². The van der Waals surface area contributed by atoms with Crippen LogP contribution in [0.25, 0.3) is 0 Å². The number of nitrogens with zero attached hydrogens (tertiary/aromatic N) is 1. The van der Waals surface area contributed by atoms with Crippen LogP contribution in [0, 0.1) is 0 Å². The molecule has 2 amide bonds. The molecule has 0 aliphatic carbocycles. The van der Waals surface area contributed by atoms with Crippen LogP contribution in [0.4, 0.5) is 0 Å². The molecule has 6 nitrogen and oxygen atoms in total. The quantitative estimate of drug-likeness (QED) is 0.792. The van der Waals surface area contributed by atoms with Crippen molar-refractivity contribution in [2.45, 2.75) is 12.6 Å². The second-order valence-electron chi connectivity index (χ2n) is 4.87. The van der Waals surface area contributed by atoms with E-state index in [1.54, 1.807) is 0 Å². The Balaban J connectivity index is 2.07. The first-order valence-corrected chi connectivity index (χ1v) is 7.48. The number of halogens is 1. The standard InChI is InChI=1S/C14H18BrN3O3/c15-11-3-1-10(2-4-11)7-18(8-13(16)19)14(20)12-9-21-6-5-17-12/h1-4,12,17H,5-9H2,(H2,16,19). The van der Waals surface area contributed by atoms with E-state index in [1.165, 1.54) is 4.90 Å². The highest BCUT2D eigenvalue weighted by molar-refractivity contribution is 9.10. The van der Waals surface area contributed by atoms with Crippen LogP contribution >= 0.6 is 15.9 Å². The molecule has 1 fully saturated rings. The molecule has 21 heavy (non-hydrogen) atoms. The van der Waals surface area contributed by atoms with Crippen molar-refractivity contribution in [3.05, 3.63) is 34.3 Å². The van der Waals surface area contributed by atoms with Gasteiger partial charge in [0, 0.05) is 17.6 Å². The third kappa shape index (κ3) is 4.80. The number of rotatable bonds is 5. The lowest BCUT2D eigenvalue weighted by molar-refractivity contribution is -0.140. The summed E-state index contributed by atoms with van der Waals surface area (Å²) in [6, 6.07) is 7.16. The molecule has 1 aliphatic rings. The fourth-order valence-corrected chi connectivity index (χ4v) is 2.42. The summed E-state index contributed by atoms with van der Waals surface area (Å²) in [5.41, 5.74) is 6.18. The molecule has 1 unspecified atom stereocenters. The van der Waals surface area contributed by atoms with E-state index < -0.39 is 11.9 Å². The molecule has 1 aliphatic heterocycles. The van der Waals surface area contributed by atoms with Gasteiger partial charge in [0.2, 0.25) is 11.8 Å². The van der Waals surface area contributed by atoms with Crippen molar-refractivity contribution in [3.8, 4) is 0 Å². The highest BCUT2D eigenvalue weighted by atomic mass is 79.9. The Bertz CT molecular complexity index is 501. The van der Waals surface area contributed by atoms with Gasteiger partial charge in [-0.15, -0.1) is 0 Å². The predicted octanol–water partition coefficient (Wildman–Crippen LogP) is 0.251. The number of benzene rings is 1. The normalized spacial score (nSPS) is 18.2. The molecule has 1 saturated heterocycles. The van der Waals surface area contributed by atoms with Crippen molar-refractivity contribution in [1.29, 1.82) is 0 Å². The van der Waals surface area contributed by atoms with E-state index in [0.717, 1.165) is 10.0 Å². The van der Waals surface area contributed by atoms with Gasteiger partial charge in [0.15, 0.2) is 0 Å². The molecule has 1 aromatic carbocycles. The minimum Gasteiger partial charge on any atom is -0.378 e. The Morgan fingerprint density at radius 2 is 2.10 bits per heavy atom. The zero-order valence-electron chi connectivity index (χ0n) is 11.5. The Hall–Kier alpha value is -1.44. The molecule has 0 aromatic heterocycles. The van der Waals surface area contributed by atoms with Gasteiger partial charge in [-0.2, -0.15) is 0 Å². The van der Waals surface area contributed by atoms with Gasteiger partial charge in [-0.1, -0.05) is 28.1 Å². The van der Waals surface area contributed by atoms with Crippen LogP contribution in [0.1, 0.15) is 5.56 Å². The number of carbonyl (C=O) groups excluding carboxylic acids is 2. The molecule has 3 N–H and O–H groups in total. The van der Waals surface area contributed by atoms with Crippen LogP contribution in [-0.2, 0) is 20.9 Å². The predicted molar refractivity (Wildman–Crippen MR) is 81.4 cm³/mol. The Kier molecular flexibility index (Phi) is 5.72. The summed E-state index contributed by atoms with van der Waals surface area (Å²) in [6.07, 6.45) is 0. The largest absolute Gasteiger partial charge is 0.378 e. The molecule has 7 heteroatoms. The van der Waals surface area contributed by atoms with Gasteiger partial charge in [0.05, 0.1) is 19.8 Å². The zero-order chi connectivity index (χ0) is 15.2. The number of nitrogens with one attached hydrogen (secondary N) is 1. The molecule has 2 rings (SSSR count). The number of amides is 2. The highest BCUT2D eigenvalue weighted by Crippen LogP contribution is 2.13. The lowest BCUT2D eigenvalue weighted by Crippen LogP contribution is -2.53. The molecular weight excluding hydrogens is 338 g/mol. The molecule has 0 bridgehead atoms. The number of nitrogens with two attached hydrogens (primary N) is 1. The lowest BCUT2D eigenvalue weighted by Gasteiger charge is -2.29. The molecule has 1 heterocycles. The third-order valence-electron chi connectivity index (χ3n) is 3.16. The maximum atomic E-state index is 12.5. The van der Waals surface area contributed by atoms with Gasteiger partial charge in [-0.3, -0.25) is 9.59 Å².